The number of rotatable bonds is 9. The second-order valence-electron chi connectivity index (χ2n) is 25.5. The van der Waals surface area contributed by atoms with Gasteiger partial charge in [0.15, 0.2) is 5.78 Å². The van der Waals surface area contributed by atoms with Crippen molar-refractivity contribution in [1.29, 1.82) is 0 Å². The second kappa shape index (κ2) is 60.1. The van der Waals surface area contributed by atoms with Gasteiger partial charge in [0, 0.05) is 250 Å². The molecule has 2 aliphatic heterocycles. The van der Waals surface area contributed by atoms with E-state index in [0.717, 1.165) is 65.4 Å². The van der Waals surface area contributed by atoms with Gasteiger partial charge in [-0.3, -0.25) is 9.69 Å². The predicted octanol–water partition coefficient (Wildman–Crippen LogP) is 18.2. The highest BCUT2D eigenvalue weighted by Crippen LogP contribution is 2.46. The van der Waals surface area contributed by atoms with Crippen LogP contribution in [0.1, 0.15) is 67.2 Å². The maximum absolute atomic E-state index is 14.5. The topological polar surface area (TPSA) is 124 Å². The largest absolute Gasteiger partial charge is 0.445 e. The Morgan fingerprint density at radius 1 is 0.394 bits per heavy atom. The average molecular weight is 2080 g/mol. The zero-order valence-corrected chi connectivity index (χ0v) is 82.1. The fraction of sp³-hybridized carbons (Fsp3) is 0.135. The minimum atomic E-state index is -0.701. The van der Waals surface area contributed by atoms with Gasteiger partial charge < -0.3 is 29.3 Å². The third-order valence-electron chi connectivity index (χ3n) is 17.1. The van der Waals surface area contributed by atoms with E-state index in [1.807, 2.05) is 60.7 Å². The van der Waals surface area contributed by atoms with E-state index in [2.05, 4.69) is 163 Å². The van der Waals surface area contributed by atoms with E-state index < -0.39 is 47.1 Å². The third-order valence-corrected chi connectivity index (χ3v) is 48.2. The molecule has 2 amide bonds. The number of halogens is 9. The van der Waals surface area contributed by atoms with Gasteiger partial charge in [-0.25, -0.2) is 49.1 Å². The highest BCUT2D eigenvalue weighted by Gasteiger charge is 2.37. The number of nitrogens with zero attached hydrogens (tertiary/aromatic N) is 2. The average Bonchev–Trinajstić information content (AvgIpc) is 1.60. The standard InChI is InChI=1S/C25H19F3N2O2.C25H4.C18H14F3N.C14H8F3N.C11H11NO3.C3H4.S17/c26-18-8-6-16(7-9-18)23-22(20-10-19(27)11-21(28)24(20)29-23)17-12-30(13-17)25(31)32-14-15-4-2-1-3-5-15;1-3-5-7-9-11-13-15-17-19-21-23-25-24-22-20-18-16-14-12-10-8-6-4-2;19-12-6-4-11(5-7-12)17-16(10-2-1-3-10)14-8-13(20)9-15(21)18(14)22-17;15-10-3-1-8(2-4-10)13-6-9-5-11(16)7-12(17)14(9)18-13;13-10-6-12(7-10)11(14)15-8-9-4-2-1-3-5-9;1-3-2;1-3-5-7-9-11-13-15-17-16-14-12-10-8-6-4-2/h1-11,17,29H,12-14H2;1H,2H3;4-10,22H,1-3H2;1-7,18H;1-5H,6-8H2;1H,2H3;. The normalized spacial score (nSPS) is 10.8. The number of aromatic amines is 3. The van der Waals surface area contributed by atoms with Crippen molar-refractivity contribution >= 4 is 206 Å². The number of carbonyl (C=O) groups excluding carboxylic acids is 3. The van der Waals surface area contributed by atoms with Crippen LogP contribution in [0.5, 0.6) is 0 Å². The lowest BCUT2D eigenvalue weighted by molar-refractivity contribution is -0.127. The number of ether oxygens (including phenoxy) is 2. The number of nitrogens with one attached hydrogen (secondary N) is 3. The molecule has 3 N–H and O–H groups in total. The summed E-state index contributed by atoms with van der Waals surface area (Å²) >= 11 is 9.48. The highest BCUT2D eigenvalue weighted by molar-refractivity contribution is 8.77. The van der Waals surface area contributed by atoms with Gasteiger partial charge in [0.25, 0.3) is 0 Å². The number of hydrogen-bond donors (Lipinski definition) is 3. The first-order chi connectivity index (χ1) is 64.2. The summed E-state index contributed by atoms with van der Waals surface area (Å²) in [6.45, 7) is 4.86. The minimum Gasteiger partial charge on any atom is -0.445 e. The van der Waals surface area contributed by atoms with Crippen LogP contribution in [0.4, 0.5) is 49.1 Å². The molecule has 3 aliphatic rings. The lowest BCUT2D eigenvalue weighted by atomic mass is 9.78. The smallest absolute Gasteiger partial charge is 0.410 e. The number of carbonyl (C=O) groups is 3. The SMILES string of the molecule is C#CC.C#CC#CC#CC#CC#CC#CC#CC#CC#CC#CC#CC#CC.Fc1ccc(-c2[nH]c3c(F)cc(F)cc3c2C2CCC2)cc1.Fc1ccc(-c2cc3cc(F)cc(F)c3[nH]2)cc1.O=C(OCc1ccccc1)N1CC(c2c(-c3ccc(F)cc3)[nH]c3c(F)cc(F)cc23)C1.O=C1CN(C(=O)OCc2ccccc2)C1.S=S=S=S=S=S=S=S=S=S=S=S=S=S=S=S=S. The van der Waals surface area contributed by atoms with Crippen molar-refractivity contribution in [3.05, 3.63) is 251 Å². The van der Waals surface area contributed by atoms with Crippen LogP contribution in [0.2, 0.25) is 0 Å². The summed E-state index contributed by atoms with van der Waals surface area (Å²) in [5, 5.41) is 1.47. The van der Waals surface area contributed by atoms with Gasteiger partial charge in [-0.2, -0.15) is 0 Å². The number of hydrogen-bond acceptors (Lipinski definition) is 7. The maximum Gasteiger partial charge on any atom is 0.410 e. The molecule has 36 heteroatoms. The molecule has 0 spiro atoms. The van der Waals surface area contributed by atoms with Gasteiger partial charge in [0.05, 0.1) is 41.0 Å². The van der Waals surface area contributed by atoms with Crippen molar-refractivity contribution in [2.24, 2.45) is 0 Å². The molecule has 0 atom stereocenters. The van der Waals surface area contributed by atoms with E-state index >= 15 is 0 Å². The zero-order valence-electron chi connectivity index (χ0n) is 68.2. The summed E-state index contributed by atoms with van der Waals surface area (Å²) in [4.78, 5) is 46.3. The van der Waals surface area contributed by atoms with Gasteiger partial charge >= 0.3 is 12.2 Å². The lowest BCUT2D eigenvalue weighted by Gasteiger charge is -2.38. The molecule has 132 heavy (non-hydrogen) atoms. The van der Waals surface area contributed by atoms with Crippen LogP contribution in [0.15, 0.2) is 176 Å². The molecule has 10 nitrogen and oxygen atoms in total. The quantitative estimate of drug-likeness (QED) is 0.0971. The van der Waals surface area contributed by atoms with Crippen LogP contribution < -0.4 is 0 Å². The number of H-pyrrole nitrogens is 3. The summed E-state index contributed by atoms with van der Waals surface area (Å²) in [5.74, 6) is 54.5. The molecular formula is C96H60F9N5O5S17. The van der Waals surface area contributed by atoms with Crippen molar-refractivity contribution in [2.45, 2.75) is 58.2 Å². The minimum absolute atomic E-state index is 0.0756. The Morgan fingerprint density at radius 3 is 1.08 bits per heavy atom. The van der Waals surface area contributed by atoms with E-state index in [1.54, 1.807) is 177 Å². The van der Waals surface area contributed by atoms with Crippen LogP contribution in [-0.2, 0) is 183 Å². The molecule has 3 fully saturated rings. The molecule has 11 aromatic rings. The molecule has 1 aliphatic carbocycles. The molecule has 0 radical (unpaired) electrons. The van der Waals surface area contributed by atoms with E-state index in [9.17, 15) is 53.9 Å². The van der Waals surface area contributed by atoms with Crippen molar-refractivity contribution in [2.75, 3.05) is 26.2 Å². The highest BCUT2D eigenvalue weighted by atomic mass is 33.5. The number of amides is 2. The number of fused-ring (bicyclic) bond motifs is 3. The predicted molar refractivity (Wildman–Crippen MR) is 551 cm³/mol. The Hall–Kier alpha value is -12.0. The van der Waals surface area contributed by atoms with E-state index in [1.165, 1.54) is 77.3 Å². The number of likely N-dealkylation sites (tertiary alicyclic amines) is 2. The van der Waals surface area contributed by atoms with Gasteiger partial charge in [-0.05, 0) is 263 Å². The number of terminal acetylenes is 2. The maximum atomic E-state index is 14.5. The molecule has 0 unspecified atom stereocenters. The molecule has 1 saturated carbocycles. The number of Topliss-reactive ketones (excluding diaryl/α,β-unsaturated/α-hetero) is 1. The van der Waals surface area contributed by atoms with Crippen molar-refractivity contribution in [3.63, 3.8) is 0 Å². The lowest BCUT2D eigenvalue weighted by Crippen LogP contribution is -2.50. The van der Waals surface area contributed by atoms with Gasteiger partial charge in [0.1, 0.15) is 65.6 Å². The van der Waals surface area contributed by atoms with E-state index in [0.29, 0.717) is 68.8 Å². The van der Waals surface area contributed by atoms with Gasteiger partial charge in [-0.15, -0.1) is 18.8 Å². The van der Waals surface area contributed by atoms with E-state index in [4.69, 9.17) is 38.3 Å². The first-order valence-electron chi connectivity index (χ1n) is 37.5. The number of benzene rings is 8. The van der Waals surface area contributed by atoms with Crippen molar-refractivity contribution in [1.82, 2.24) is 24.8 Å². The van der Waals surface area contributed by atoms with Crippen LogP contribution in [-0.4, -0.2) is 68.9 Å². The van der Waals surface area contributed by atoms with Crippen LogP contribution >= 0.6 is 0 Å². The molecule has 2 saturated heterocycles. The Morgan fingerprint density at radius 2 is 0.727 bits per heavy atom. The fourth-order valence-corrected chi connectivity index (χ4v) is 47.1. The van der Waals surface area contributed by atoms with Crippen molar-refractivity contribution in [3.8, 4) is 189 Å². The van der Waals surface area contributed by atoms with Gasteiger partial charge in [-0.1, -0.05) is 73.0 Å². The number of aromatic nitrogens is 3. The molecule has 664 valence electrons. The monoisotopic (exact) mass is 2080 g/mol. The van der Waals surface area contributed by atoms with Crippen LogP contribution in [0.25, 0.3) is 66.5 Å². The third kappa shape index (κ3) is 36.6. The summed E-state index contributed by atoms with van der Waals surface area (Å²) in [6, 6.07) is 44.6. The Balaban J connectivity index is 0.000000197. The second-order valence-corrected chi connectivity index (χ2v) is 52.1. The molecule has 0 bridgehead atoms. The summed E-state index contributed by atoms with van der Waals surface area (Å²) < 4.78 is 132. The summed E-state index contributed by atoms with van der Waals surface area (Å²) in [7, 11) is 25.4. The Labute approximate surface area is 809 Å². The molecular weight excluding hydrogens is 2020 g/mol. The number of ketones is 1. The van der Waals surface area contributed by atoms with Crippen LogP contribution in [0.3, 0.4) is 0 Å². The van der Waals surface area contributed by atoms with Crippen molar-refractivity contribution < 1.29 is 63.4 Å². The van der Waals surface area contributed by atoms with Gasteiger partial charge in [0.2, 0.25) is 0 Å². The molecule has 8 aromatic carbocycles. The fourth-order valence-electron chi connectivity index (χ4n) is 11.4. The Bertz CT molecular complexity index is 7710. The molecule has 14 rings (SSSR count). The first-order valence-corrected chi connectivity index (χ1v) is 58.8. The summed E-state index contributed by atoms with van der Waals surface area (Å²) in [6.07, 6.45) is 11.8. The van der Waals surface area contributed by atoms with Crippen LogP contribution in [0, 0.1) is 207 Å². The Kier molecular flexibility index (Phi) is 48.0. The summed E-state index contributed by atoms with van der Waals surface area (Å²) in [5.41, 5.74) is 8.38. The first kappa shape index (κ1) is 105. The molecule has 5 heterocycles. The zero-order chi connectivity index (χ0) is 94.5. The van der Waals surface area contributed by atoms with E-state index in [-0.39, 0.29) is 66.5 Å². The molecule has 3 aromatic heterocycles.